The van der Waals surface area contributed by atoms with E-state index in [0.29, 0.717) is 33.9 Å². The number of nitrogens with zero attached hydrogens (tertiary/aromatic N) is 2. The molecule has 0 unspecified atom stereocenters. The summed E-state index contributed by atoms with van der Waals surface area (Å²) in [6, 6.07) is 10.2. The van der Waals surface area contributed by atoms with Crippen molar-refractivity contribution in [1.82, 2.24) is 9.97 Å². The first kappa shape index (κ1) is 16.8. The molecule has 0 radical (unpaired) electrons. The number of hydrogen-bond donors (Lipinski definition) is 2. The molecular formula is C17H14ClN3O4. The maximum atomic E-state index is 11.6. The molecule has 2 aromatic carbocycles. The van der Waals surface area contributed by atoms with E-state index < -0.39 is 5.97 Å². The second-order valence-electron chi connectivity index (χ2n) is 5.04. The summed E-state index contributed by atoms with van der Waals surface area (Å²) in [6.45, 7) is 0. The van der Waals surface area contributed by atoms with Crippen molar-refractivity contribution in [3.05, 3.63) is 47.2 Å². The van der Waals surface area contributed by atoms with Gasteiger partial charge < -0.3 is 19.9 Å². The smallest absolute Gasteiger partial charge is 0.337 e. The van der Waals surface area contributed by atoms with Crippen LogP contribution in [0.1, 0.15) is 10.4 Å². The number of nitrogens with one attached hydrogen (secondary N) is 1. The number of benzene rings is 2. The van der Waals surface area contributed by atoms with Crippen molar-refractivity contribution in [3.63, 3.8) is 0 Å². The Hall–Kier alpha value is -3.06. The van der Waals surface area contributed by atoms with Crippen molar-refractivity contribution in [2.45, 2.75) is 0 Å². The minimum Gasteiger partial charge on any atom is -0.493 e. The SMILES string of the molecule is COc1cc(Nc2nc(Cl)nc3ccccc23)c(C(=O)O)cc1OC. The molecule has 25 heavy (non-hydrogen) atoms. The molecule has 0 aliphatic rings. The van der Waals surface area contributed by atoms with E-state index >= 15 is 0 Å². The molecule has 0 saturated heterocycles. The van der Waals surface area contributed by atoms with Gasteiger partial charge >= 0.3 is 5.97 Å². The number of aromatic carboxylic acids is 1. The van der Waals surface area contributed by atoms with Crippen LogP contribution in [0.25, 0.3) is 10.9 Å². The van der Waals surface area contributed by atoms with E-state index in [1.54, 1.807) is 6.07 Å². The highest BCUT2D eigenvalue weighted by atomic mass is 35.5. The average molecular weight is 360 g/mol. The van der Waals surface area contributed by atoms with E-state index in [2.05, 4.69) is 15.3 Å². The Bertz CT molecular complexity index is 962. The summed E-state index contributed by atoms with van der Waals surface area (Å²) < 4.78 is 10.4. The van der Waals surface area contributed by atoms with Crippen molar-refractivity contribution in [1.29, 1.82) is 0 Å². The van der Waals surface area contributed by atoms with Gasteiger partial charge in [0.25, 0.3) is 0 Å². The van der Waals surface area contributed by atoms with E-state index in [-0.39, 0.29) is 10.8 Å². The van der Waals surface area contributed by atoms with Crippen LogP contribution in [0.4, 0.5) is 11.5 Å². The lowest BCUT2D eigenvalue weighted by atomic mass is 10.1. The van der Waals surface area contributed by atoms with Gasteiger partial charge in [0.2, 0.25) is 5.28 Å². The summed E-state index contributed by atoms with van der Waals surface area (Å²) in [7, 11) is 2.91. The zero-order chi connectivity index (χ0) is 18.0. The van der Waals surface area contributed by atoms with Gasteiger partial charge in [0.15, 0.2) is 11.5 Å². The Morgan fingerprint density at radius 1 is 1.12 bits per heavy atom. The Morgan fingerprint density at radius 3 is 2.48 bits per heavy atom. The van der Waals surface area contributed by atoms with E-state index in [1.807, 2.05) is 18.2 Å². The van der Waals surface area contributed by atoms with Crippen molar-refractivity contribution in [3.8, 4) is 11.5 Å². The molecule has 0 aliphatic carbocycles. The number of fused-ring (bicyclic) bond motifs is 1. The van der Waals surface area contributed by atoms with E-state index in [0.717, 1.165) is 0 Å². The Balaban J connectivity index is 2.16. The van der Waals surface area contributed by atoms with E-state index in [9.17, 15) is 9.90 Å². The third-order valence-electron chi connectivity index (χ3n) is 3.58. The minimum atomic E-state index is -1.12. The molecule has 3 aromatic rings. The van der Waals surface area contributed by atoms with Crippen LogP contribution in [0.2, 0.25) is 5.28 Å². The van der Waals surface area contributed by atoms with Gasteiger partial charge in [0.1, 0.15) is 5.82 Å². The largest absolute Gasteiger partial charge is 0.493 e. The monoisotopic (exact) mass is 359 g/mol. The van der Waals surface area contributed by atoms with Crippen molar-refractivity contribution >= 4 is 40.0 Å². The highest BCUT2D eigenvalue weighted by Crippen LogP contribution is 2.35. The summed E-state index contributed by atoms with van der Waals surface area (Å²) in [5, 5.41) is 13.3. The van der Waals surface area contributed by atoms with Gasteiger partial charge in [-0.15, -0.1) is 0 Å². The van der Waals surface area contributed by atoms with Gasteiger partial charge in [0.05, 0.1) is 31.0 Å². The molecular weight excluding hydrogens is 346 g/mol. The first-order chi connectivity index (χ1) is 12.0. The van der Waals surface area contributed by atoms with Crippen LogP contribution in [0, 0.1) is 0 Å². The molecule has 2 N–H and O–H groups in total. The highest BCUT2D eigenvalue weighted by molar-refractivity contribution is 6.28. The third kappa shape index (κ3) is 3.27. The minimum absolute atomic E-state index is 0.0106. The maximum absolute atomic E-state index is 11.6. The lowest BCUT2D eigenvalue weighted by Crippen LogP contribution is -2.06. The maximum Gasteiger partial charge on any atom is 0.337 e. The second kappa shape index (κ2) is 6.82. The fraction of sp³-hybridized carbons (Fsp3) is 0.118. The van der Waals surface area contributed by atoms with Gasteiger partial charge in [0, 0.05) is 17.5 Å². The van der Waals surface area contributed by atoms with E-state index in [1.165, 1.54) is 26.4 Å². The van der Waals surface area contributed by atoms with Gasteiger partial charge in [-0.05, 0) is 23.7 Å². The first-order valence-electron chi connectivity index (χ1n) is 7.22. The average Bonchev–Trinajstić information content (AvgIpc) is 2.60. The molecule has 0 saturated carbocycles. The van der Waals surface area contributed by atoms with Crippen LogP contribution in [0.15, 0.2) is 36.4 Å². The number of rotatable bonds is 5. The topological polar surface area (TPSA) is 93.6 Å². The molecule has 7 nitrogen and oxygen atoms in total. The van der Waals surface area contributed by atoms with Gasteiger partial charge in [-0.2, -0.15) is 4.98 Å². The summed E-state index contributed by atoms with van der Waals surface area (Å²) >= 11 is 5.98. The molecule has 128 valence electrons. The van der Waals surface area contributed by atoms with Crippen LogP contribution in [0.5, 0.6) is 11.5 Å². The lowest BCUT2D eigenvalue weighted by Gasteiger charge is -2.15. The summed E-state index contributed by atoms with van der Waals surface area (Å²) in [5.74, 6) is -0.0197. The molecule has 0 bridgehead atoms. The number of hydrogen-bond acceptors (Lipinski definition) is 6. The Morgan fingerprint density at radius 2 is 1.80 bits per heavy atom. The molecule has 1 heterocycles. The van der Waals surface area contributed by atoms with Crippen LogP contribution in [-0.2, 0) is 0 Å². The molecule has 0 spiro atoms. The first-order valence-corrected chi connectivity index (χ1v) is 7.60. The highest BCUT2D eigenvalue weighted by Gasteiger charge is 2.18. The summed E-state index contributed by atoms with van der Waals surface area (Å²) in [4.78, 5) is 19.9. The zero-order valence-corrected chi connectivity index (χ0v) is 14.2. The normalized spacial score (nSPS) is 10.5. The number of anilines is 2. The number of carboxylic acids is 1. The van der Waals surface area contributed by atoms with Crippen LogP contribution >= 0.6 is 11.6 Å². The Labute approximate surface area is 148 Å². The van der Waals surface area contributed by atoms with Gasteiger partial charge in [-0.3, -0.25) is 0 Å². The second-order valence-corrected chi connectivity index (χ2v) is 5.38. The quantitative estimate of drug-likeness (QED) is 0.670. The molecule has 1 aromatic heterocycles. The van der Waals surface area contributed by atoms with Gasteiger partial charge in [-0.25, -0.2) is 9.78 Å². The van der Waals surface area contributed by atoms with Crippen molar-refractivity contribution < 1.29 is 19.4 Å². The fourth-order valence-electron chi connectivity index (χ4n) is 2.43. The molecule has 3 rings (SSSR count). The van der Waals surface area contributed by atoms with Crippen molar-refractivity contribution in [2.75, 3.05) is 19.5 Å². The fourth-order valence-corrected chi connectivity index (χ4v) is 2.61. The van der Waals surface area contributed by atoms with Gasteiger partial charge in [-0.1, -0.05) is 12.1 Å². The number of aromatic nitrogens is 2. The predicted octanol–water partition coefficient (Wildman–Crippen LogP) is 3.74. The lowest BCUT2D eigenvalue weighted by molar-refractivity contribution is 0.0697. The molecule has 0 atom stereocenters. The summed E-state index contributed by atoms with van der Waals surface area (Å²) in [5.41, 5.74) is 0.948. The standard InChI is InChI=1S/C17H14ClN3O4/c1-24-13-7-10(16(22)23)12(8-14(13)25-2)19-15-9-5-3-4-6-11(9)20-17(18)21-15/h3-8H,1-2H3,(H,22,23)(H,19,20,21). The van der Waals surface area contributed by atoms with Crippen LogP contribution in [0.3, 0.4) is 0 Å². The van der Waals surface area contributed by atoms with Crippen LogP contribution < -0.4 is 14.8 Å². The van der Waals surface area contributed by atoms with Crippen molar-refractivity contribution in [2.24, 2.45) is 0 Å². The number of ether oxygens (including phenoxy) is 2. The number of para-hydroxylation sites is 1. The summed E-state index contributed by atoms with van der Waals surface area (Å²) in [6.07, 6.45) is 0. The number of carboxylic acid groups (broad SMARTS) is 1. The predicted molar refractivity (Wildman–Crippen MR) is 94.3 cm³/mol. The molecule has 8 heteroatoms. The third-order valence-corrected chi connectivity index (χ3v) is 3.75. The number of carbonyl (C=O) groups is 1. The van der Waals surface area contributed by atoms with E-state index in [4.69, 9.17) is 21.1 Å². The zero-order valence-electron chi connectivity index (χ0n) is 13.4. The van der Waals surface area contributed by atoms with Crippen LogP contribution in [-0.4, -0.2) is 35.3 Å². The molecule has 0 fully saturated rings. The molecule has 0 amide bonds. The number of methoxy groups -OCH3 is 2. The Kier molecular flexibility index (Phi) is 4.58. The molecule has 0 aliphatic heterocycles. The number of halogens is 1.